The largest absolute Gasteiger partial charge is 0.207 e. The van der Waals surface area contributed by atoms with Gasteiger partial charge in [-0.15, -0.1) is 0 Å². The molecule has 0 amide bonds. The molecule has 1 heteroatoms. The lowest BCUT2D eigenvalue weighted by molar-refractivity contribution is 0.627. The lowest BCUT2D eigenvalue weighted by atomic mass is 10.0. The Labute approximate surface area is 89.4 Å². The predicted octanol–water partition coefficient (Wildman–Crippen LogP) is 3.73. The standard InChI is InChI=1S/C14H12F/c1-11-4-2-5-12(8-11)9-13-6-3-7-14(15)10-13/h2-10H,1H3. The molecular formula is C14H12F. The fraction of sp³-hybridized carbons (Fsp3) is 0.0714. The topological polar surface area (TPSA) is 0 Å². The van der Waals surface area contributed by atoms with E-state index in [2.05, 4.69) is 6.07 Å². The number of hydrogen-bond acceptors (Lipinski definition) is 0. The van der Waals surface area contributed by atoms with Crippen molar-refractivity contribution in [1.29, 1.82) is 0 Å². The second kappa shape index (κ2) is 4.26. The van der Waals surface area contributed by atoms with Crippen molar-refractivity contribution < 1.29 is 4.39 Å². The van der Waals surface area contributed by atoms with E-state index in [4.69, 9.17) is 0 Å². The summed E-state index contributed by atoms with van der Waals surface area (Å²) in [4.78, 5) is 0. The van der Waals surface area contributed by atoms with Crippen LogP contribution >= 0.6 is 0 Å². The molecule has 0 heterocycles. The summed E-state index contributed by atoms with van der Waals surface area (Å²) in [6, 6.07) is 14.7. The molecule has 0 nitrogen and oxygen atoms in total. The first-order chi connectivity index (χ1) is 7.24. The first kappa shape index (κ1) is 9.91. The van der Waals surface area contributed by atoms with E-state index < -0.39 is 0 Å². The first-order valence-corrected chi connectivity index (χ1v) is 4.91. The quantitative estimate of drug-likeness (QED) is 0.691. The summed E-state index contributed by atoms with van der Waals surface area (Å²) in [6.45, 7) is 2.04. The summed E-state index contributed by atoms with van der Waals surface area (Å²) >= 11 is 0. The first-order valence-electron chi connectivity index (χ1n) is 4.91. The summed E-state index contributed by atoms with van der Waals surface area (Å²) in [5.74, 6) is -0.198. The molecule has 0 aromatic heterocycles. The monoisotopic (exact) mass is 199 g/mol. The Kier molecular flexibility index (Phi) is 2.82. The van der Waals surface area contributed by atoms with Gasteiger partial charge in [-0.1, -0.05) is 42.0 Å². The van der Waals surface area contributed by atoms with Crippen LogP contribution in [0.3, 0.4) is 0 Å². The zero-order chi connectivity index (χ0) is 10.7. The predicted molar refractivity (Wildman–Crippen MR) is 60.1 cm³/mol. The summed E-state index contributed by atoms with van der Waals surface area (Å²) in [5, 5.41) is 0. The van der Waals surface area contributed by atoms with E-state index in [1.54, 1.807) is 6.07 Å². The lowest BCUT2D eigenvalue weighted by Crippen LogP contribution is -1.86. The van der Waals surface area contributed by atoms with Crippen molar-refractivity contribution in [2.45, 2.75) is 6.92 Å². The SMILES string of the molecule is Cc1cccc([CH]c2cccc(F)c2)c1. The van der Waals surface area contributed by atoms with Crippen LogP contribution < -0.4 is 0 Å². The van der Waals surface area contributed by atoms with Crippen LogP contribution in [0.15, 0.2) is 48.5 Å². The number of benzene rings is 2. The lowest BCUT2D eigenvalue weighted by Gasteiger charge is -2.02. The minimum Gasteiger partial charge on any atom is -0.207 e. The van der Waals surface area contributed by atoms with E-state index in [1.807, 2.05) is 37.6 Å². The van der Waals surface area contributed by atoms with E-state index in [-0.39, 0.29) is 5.82 Å². The normalized spacial score (nSPS) is 10.3. The molecule has 0 aliphatic carbocycles. The van der Waals surface area contributed by atoms with Crippen LogP contribution in [0, 0.1) is 19.2 Å². The van der Waals surface area contributed by atoms with E-state index in [9.17, 15) is 4.39 Å². The molecule has 0 saturated heterocycles. The van der Waals surface area contributed by atoms with Gasteiger partial charge in [-0.25, -0.2) is 4.39 Å². The average molecular weight is 199 g/mol. The molecule has 2 aromatic carbocycles. The van der Waals surface area contributed by atoms with Crippen molar-refractivity contribution in [1.82, 2.24) is 0 Å². The molecule has 0 bridgehead atoms. The molecule has 15 heavy (non-hydrogen) atoms. The molecule has 0 aliphatic heterocycles. The zero-order valence-corrected chi connectivity index (χ0v) is 8.57. The molecule has 2 aromatic rings. The van der Waals surface area contributed by atoms with E-state index in [0.29, 0.717) is 0 Å². The van der Waals surface area contributed by atoms with Crippen molar-refractivity contribution in [3.05, 3.63) is 77.5 Å². The molecule has 0 fully saturated rings. The van der Waals surface area contributed by atoms with Crippen LogP contribution in [-0.4, -0.2) is 0 Å². The fourth-order valence-electron chi connectivity index (χ4n) is 1.55. The fourth-order valence-corrected chi connectivity index (χ4v) is 1.55. The van der Waals surface area contributed by atoms with E-state index in [1.165, 1.54) is 17.7 Å². The van der Waals surface area contributed by atoms with Crippen LogP contribution in [0.25, 0.3) is 0 Å². The highest BCUT2D eigenvalue weighted by Crippen LogP contribution is 2.14. The van der Waals surface area contributed by atoms with Crippen molar-refractivity contribution in [2.24, 2.45) is 0 Å². The second-order valence-corrected chi connectivity index (χ2v) is 3.61. The van der Waals surface area contributed by atoms with Crippen LogP contribution in [0.5, 0.6) is 0 Å². The van der Waals surface area contributed by atoms with Gasteiger partial charge in [0.15, 0.2) is 0 Å². The van der Waals surface area contributed by atoms with Crippen molar-refractivity contribution in [3.63, 3.8) is 0 Å². The van der Waals surface area contributed by atoms with Crippen molar-refractivity contribution in [3.8, 4) is 0 Å². The Morgan fingerprint density at radius 3 is 2.27 bits per heavy atom. The van der Waals surface area contributed by atoms with Crippen LogP contribution in [0.2, 0.25) is 0 Å². The van der Waals surface area contributed by atoms with Gasteiger partial charge in [0, 0.05) is 6.42 Å². The third-order valence-corrected chi connectivity index (χ3v) is 2.22. The molecule has 75 valence electrons. The van der Waals surface area contributed by atoms with Gasteiger partial charge in [0.05, 0.1) is 0 Å². The zero-order valence-electron chi connectivity index (χ0n) is 8.57. The summed E-state index contributed by atoms with van der Waals surface area (Å²) < 4.78 is 12.9. The number of rotatable bonds is 2. The van der Waals surface area contributed by atoms with Gasteiger partial charge >= 0.3 is 0 Å². The maximum Gasteiger partial charge on any atom is 0.123 e. The smallest absolute Gasteiger partial charge is 0.123 e. The molecular weight excluding hydrogens is 187 g/mol. The van der Waals surface area contributed by atoms with Gasteiger partial charge in [0.1, 0.15) is 5.82 Å². The molecule has 1 radical (unpaired) electrons. The van der Waals surface area contributed by atoms with E-state index in [0.717, 1.165) is 11.1 Å². The highest BCUT2D eigenvalue weighted by Gasteiger charge is 1.98. The molecule has 2 rings (SSSR count). The Morgan fingerprint density at radius 2 is 1.60 bits per heavy atom. The van der Waals surface area contributed by atoms with Crippen LogP contribution in [-0.2, 0) is 0 Å². The van der Waals surface area contributed by atoms with Gasteiger partial charge in [0.25, 0.3) is 0 Å². The number of aryl methyl sites for hydroxylation is 1. The molecule has 0 unspecified atom stereocenters. The van der Waals surface area contributed by atoms with Gasteiger partial charge in [-0.3, -0.25) is 0 Å². The molecule has 0 aliphatic rings. The van der Waals surface area contributed by atoms with Crippen molar-refractivity contribution in [2.75, 3.05) is 0 Å². The molecule has 0 spiro atoms. The third-order valence-electron chi connectivity index (χ3n) is 2.22. The van der Waals surface area contributed by atoms with Crippen LogP contribution in [0.1, 0.15) is 16.7 Å². The molecule has 0 N–H and O–H groups in total. The number of hydrogen-bond donors (Lipinski definition) is 0. The Bertz CT molecular complexity index is 417. The minimum absolute atomic E-state index is 0.198. The summed E-state index contributed by atoms with van der Waals surface area (Å²) in [6.07, 6.45) is 1.97. The second-order valence-electron chi connectivity index (χ2n) is 3.61. The summed E-state index contributed by atoms with van der Waals surface area (Å²) in [5.41, 5.74) is 3.20. The maximum atomic E-state index is 12.9. The Hall–Kier alpha value is -1.63. The van der Waals surface area contributed by atoms with Gasteiger partial charge in [-0.2, -0.15) is 0 Å². The third kappa shape index (κ3) is 2.66. The van der Waals surface area contributed by atoms with Gasteiger partial charge < -0.3 is 0 Å². The highest BCUT2D eigenvalue weighted by molar-refractivity contribution is 5.38. The van der Waals surface area contributed by atoms with Gasteiger partial charge in [0.2, 0.25) is 0 Å². The highest BCUT2D eigenvalue weighted by atomic mass is 19.1. The Balaban J connectivity index is 2.22. The van der Waals surface area contributed by atoms with E-state index >= 15 is 0 Å². The maximum absolute atomic E-state index is 12.9. The number of halogens is 1. The minimum atomic E-state index is -0.198. The van der Waals surface area contributed by atoms with Gasteiger partial charge in [-0.05, 0) is 30.2 Å². The van der Waals surface area contributed by atoms with Crippen LogP contribution in [0.4, 0.5) is 4.39 Å². The Morgan fingerprint density at radius 1 is 0.933 bits per heavy atom. The van der Waals surface area contributed by atoms with Crippen molar-refractivity contribution >= 4 is 0 Å². The molecule has 0 atom stereocenters. The average Bonchev–Trinajstić information content (AvgIpc) is 2.17. The summed E-state index contributed by atoms with van der Waals surface area (Å²) in [7, 11) is 0. The molecule has 0 saturated carbocycles.